The first-order valence-corrected chi connectivity index (χ1v) is 6.71. The molecule has 0 aromatic heterocycles. The van der Waals surface area contributed by atoms with E-state index in [0.29, 0.717) is 15.1 Å². The lowest BCUT2D eigenvalue weighted by molar-refractivity contribution is 1.32. The predicted octanol–water partition coefficient (Wildman–Crippen LogP) is 5.48. The maximum Gasteiger partial charge on any atom is 0.0663 e. The highest BCUT2D eigenvalue weighted by Gasteiger charge is 2.04. The van der Waals surface area contributed by atoms with Gasteiger partial charge in [-0.05, 0) is 43.3 Å². The van der Waals surface area contributed by atoms with Gasteiger partial charge in [-0.3, -0.25) is 5.43 Å². The Balaban J connectivity index is 2.16. The molecular formula is C14H11Cl3N2. The minimum Gasteiger partial charge on any atom is -0.278 e. The van der Waals surface area contributed by atoms with E-state index in [1.807, 2.05) is 25.1 Å². The van der Waals surface area contributed by atoms with Crippen molar-refractivity contribution >= 4 is 46.2 Å². The summed E-state index contributed by atoms with van der Waals surface area (Å²) < 4.78 is 0. The molecule has 0 aliphatic carbocycles. The molecule has 0 atom stereocenters. The molecule has 0 amide bonds. The number of hydrogen-bond acceptors (Lipinski definition) is 2. The number of nitrogens with zero attached hydrogens (tertiary/aromatic N) is 1. The normalized spacial score (nSPS) is 11.5. The van der Waals surface area contributed by atoms with Crippen LogP contribution in [0.15, 0.2) is 47.6 Å². The molecule has 0 spiro atoms. The molecule has 2 aromatic carbocycles. The van der Waals surface area contributed by atoms with Crippen LogP contribution in [0.4, 0.5) is 5.69 Å². The molecule has 0 saturated heterocycles. The van der Waals surface area contributed by atoms with Crippen molar-refractivity contribution in [3.05, 3.63) is 63.1 Å². The van der Waals surface area contributed by atoms with Gasteiger partial charge in [-0.1, -0.05) is 40.9 Å². The van der Waals surface area contributed by atoms with Crippen molar-refractivity contribution in [1.29, 1.82) is 0 Å². The second-order valence-corrected chi connectivity index (χ2v) is 5.22. The second-order valence-electron chi connectivity index (χ2n) is 3.94. The van der Waals surface area contributed by atoms with Gasteiger partial charge in [0, 0.05) is 15.6 Å². The third-order valence-electron chi connectivity index (χ3n) is 2.52. The molecule has 5 heteroatoms. The number of rotatable bonds is 3. The number of benzene rings is 2. The van der Waals surface area contributed by atoms with Crippen LogP contribution in [0, 0.1) is 0 Å². The van der Waals surface area contributed by atoms with Gasteiger partial charge >= 0.3 is 0 Å². The fourth-order valence-corrected chi connectivity index (χ4v) is 2.19. The fourth-order valence-electron chi connectivity index (χ4n) is 1.52. The molecule has 2 aromatic rings. The highest BCUT2D eigenvalue weighted by molar-refractivity contribution is 6.37. The van der Waals surface area contributed by atoms with Crippen LogP contribution in [0.5, 0.6) is 0 Å². The molecule has 0 unspecified atom stereocenters. The molecule has 19 heavy (non-hydrogen) atoms. The monoisotopic (exact) mass is 312 g/mol. The lowest BCUT2D eigenvalue weighted by atomic mass is 10.1. The standard InChI is InChI=1S/C14H11Cl3N2/c1-9(13-7-4-11(16)8-14(13)17)18-19-12-5-2-10(15)3-6-12/h2-8,19H,1H3/b18-9+. The zero-order valence-electron chi connectivity index (χ0n) is 10.1. The summed E-state index contributed by atoms with van der Waals surface area (Å²) in [7, 11) is 0. The van der Waals surface area contributed by atoms with E-state index >= 15 is 0 Å². The van der Waals surface area contributed by atoms with E-state index in [9.17, 15) is 0 Å². The van der Waals surface area contributed by atoms with Gasteiger partial charge in [-0.15, -0.1) is 0 Å². The Hall–Kier alpha value is -1.22. The average molecular weight is 314 g/mol. The lowest BCUT2D eigenvalue weighted by Crippen LogP contribution is -2.00. The zero-order valence-corrected chi connectivity index (χ0v) is 12.4. The number of halogens is 3. The highest BCUT2D eigenvalue weighted by atomic mass is 35.5. The molecule has 2 rings (SSSR count). The molecule has 0 radical (unpaired) electrons. The first-order chi connectivity index (χ1) is 9.06. The van der Waals surface area contributed by atoms with Crippen LogP contribution in [-0.4, -0.2) is 5.71 Å². The molecule has 98 valence electrons. The molecule has 0 saturated carbocycles. The number of nitrogens with one attached hydrogen (secondary N) is 1. The Morgan fingerprint density at radius 1 is 0.947 bits per heavy atom. The van der Waals surface area contributed by atoms with Crippen molar-refractivity contribution in [2.75, 3.05) is 5.43 Å². The third-order valence-corrected chi connectivity index (χ3v) is 3.32. The van der Waals surface area contributed by atoms with Crippen molar-refractivity contribution in [2.24, 2.45) is 5.10 Å². The Morgan fingerprint density at radius 2 is 1.58 bits per heavy atom. The largest absolute Gasteiger partial charge is 0.278 e. The van der Waals surface area contributed by atoms with Gasteiger partial charge in [0.25, 0.3) is 0 Å². The van der Waals surface area contributed by atoms with E-state index in [-0.39, 0.29) is 0 Å². The molecule has 0 fully saturated rings. The van der Waals surface area contributed by atoms with E-state index < -0.39 is 0 Å². The molecular weight excluding hydrogens is 303 g/mol. The zero-order chi connectivity index (χ0) is 13.8. The van der Waals surface area contributed by atoms with E-state index in [4.69, 9.17) is 34.8 Å². The Labute approximate surface area is 127 Å². The van der Waals surface area contributed by atoms with Gasteiger partial charge in [-0.25, -0.2) is 0 Å². The minimum absolute atomic E-state index is 0.576. The molecule has 0 heterocycles. The van der Waals surface area contributed by atoms with Crippen molar-refractivity contribution in [3.63, 3.8) is 0 Å². The van der Waals surface area contributed by atoms with Gasteiger partial charge in [0.15, 0.2) is 0 Å². The van der Waals surface area contributed by atoms with Crippen molar-refractivity contribution < 1.29 is 0 Å². The quantitative estimate of drug-likeness (QED) is 0.588. The van der Waals surface area contributed by atoms with Crippen molar-refractivity contribution in [3.8, 4) is 0 Å². The topological polar surface area (TPSA) is 24.4 Å². The van der Waals surface area contributed by atoms with Crippen LogP contribution >= 0.6 is 34.8 Å². The summed E-state index contributed by atoms with van der Waals surface area (Å²) in [5.41, 5.74) is 5.42. The van der Waals surface area contributed by atoms with Gasteiger partial charge in [0.05, 0.1) is 16.4 Å². The Bertz CT molecular complexity index is 607. The summed E-state index contributed by atoms with van der Waals surface area (Å²) in [5.74, 6) is 0. The van der Waals surface area contributed by atoms with Gasteiger partial charge in [-0.2, -0.15) is 5.10 Å². The van der Waals surface area contributed by atoms with Gasteiger partial charge < -0.3 is 0 Å². The molecule has 2 nitrogen and oxygen atoms in total. The molecule has 0 bridgehead atoms. The summed E-state index contributed by atoms with van der Waals surface area (Å²) in [6, 6.07) is 12.6. The highest BCUT2D eigenvalue weighted by Crippen LogP contribution is 2.22. The SMILES string of the molecule is C/C(=N\Nc1ccc(Cl)cc1)c1ccc(Cl)cc1Cl. The van der Waals surface area contributed by atoms with E-state index in [1.165, 1.54) is 0 Å². The minimum atomic E-state index is 0.576. The van der Waals surface area contributed by atoms with Crippen LogP contribution in [0.25, 0.3) is 0 Å². The number of hydrogen-bond donors (Lipinski definition) is 1. The average Bonchev–Trinajstić information content (AvgIpc) is 2.37. The molecule has 0 aliphatic heterocycles. The Morgan fingerprint density at radius 3 is 2.21 bits per heavy atom. The maximum absolute atomic E-state index is 6.12. The number of anilines is 1. The van der Waals surface area contributed by atoms with Gasteiger partial charge in [0.1, 0.15) is 0 Å². The van der Waals surface area contributed by atoms with E-state index in [2.05, 4.69) is 10.5 Å². The summed E-state index contributed by atoms with van der Waals surface area (Å²) >= 11 is 17.8. The predicted molar refractivity (Wildman–Crippen MR) is 83.7 cm³/mol. The first-order valence-electron chi connectivity index (χ1n) is 5.57. The van der Waals surface area contributed by atoms with Crippen LogP contribution in [-0.2, 0) is 0 Å². The second kappa shape index (κ2) is 6.29. The lowest BCUT2D eigenvalue weighted by Gasteiger charge is -2.06. The summed E-state index contributed by atoms with van der Waals surface area (Å²) in [6.45, 7) is 1.87. The van der Waals surface area contributed by atoms with Crippen LogP contribution in [0.2, 0.25) is 15.1 Å². The van der Waals surface area contributed by atoms with E-state index in [0.717, 1.165) is 17.0 Å². The molecule has 0 aliphatic rings. The first kappa shape index (κ1) is 14.2. The maximum atomic E-state index is 6.12. The molecule has 1 N–H and O–H groups in total. The third kappa shape index (κ3) is 3.87. The number of hydrazone groups is 1. The Kier molecular flexibility index (Phi) is 4.70. The summed E-state index contributed by atoms with van der Waals surface area (Å²) in [6.07, 6.45) is 0. The van der Waals surface area contributed by atoms with Crippen molar-refractivity contribution in [1.82, 2.24) is 0 Å². The summed E-state index contributed by atoms with van der Waals surface area (Å²) in [4.78, 5) is 0. The van der Waals surface area contributed by atoms with Crippen LogP contribution in [0.1, 0.15) is 12.5 Å². The van der Waals surface area contributed by atoms with Gasteiger partial charge in [0.2, 0.25) is 0 Å². The van der Waals surface area contributed by atoms with Crippen LogP contribution < -0.4 is 5.43 Å². The van der Waals surface area contributed by atoms with Crippen molar-refractivity contribution in [2.45, 2.75) is 6.92 Å². The fraction of sp³-hybridized carbons (Fsp3) is 0.0714. The van der Waals surface area contributed by atoms with Crippen LogP contribution in [0.3, 0.4) is 0 Å². The van der Waals surface area contributed by atoms with E-state index in [1.54, 1.807) is 24.3 Å². The summed E-state index contributed by atoms with van der Waals surface area (Å²) in [5, 5.41) is 6.15. The smallest absolute Gasteiger partial charge is 0.0663 e.